The van der Waals surface area contributed by atoms with Gasteiger partial charge in [-0.2, -0.15) is 22.0 Å². The van der Waals surface area contributed by atoms with Crippen molar-refractivity contribution in [2.75, 3.05) is 14.2 Å². The van der Waals surface area contributed by atoms with Gasteiger partial charge in [0.15, 0.2) is 0 Å². The minimum atomic E-state index is -5.77. The monoisotopic (exact) mass is 363 g/mol. The van der Waals surface area contributed by atoms with E-state index >= 15 is 0 Å². The third-order valence-electron chi connectivity index (χ3n) is 2.61. The Balaban J connectivity index is 3.38. The van der Waals surface area contributed by atoms with E-state index in [2.05, 4.69) is 15.9 Å². The van der Waals surface area contributed by atoms with Crippen molar-refractivity contribution in [3.05, 3.63) is 22.2 Å². The first-order valence-electron chi connectivity index (χ1n) is 5.17. The minimum Gasteiger partial charge on any atom is -0.496 e. The maximum atomic E-state index is 13.3. The Morgan fingerprint density at radius 1 is 1.05 bits per heavy atom. The highest BCUT2D eigenvalue weighted by Gasteiger charge is 2.62. The largest absolute Gasteiger partial charge is 0.496 e. The van der Waals surface area contributed by atoms with E-state index in [1.165, 1.54) is 13.2 Å². The van der Waals surface area contributed by atoms with Gasteiger partial charge in [-0.25, -0.2) is 0 Å². The molecule has 1 rings (SSSR count). The molecule has 3 nitrogen and oxygen atoms in total. The Morgan fingerprint density at radius 2 is 1.55 bits per heavy atom. The first kappa shape index (κ1) is 17.0. The Labute approximate surface area is 120 Å². The number of alkyl halides is 5. The van der Waals surface area contributed by atoms with Gasteiger partial charge < -0.3 is 15.2 Å². The summed E-state index contributed by atoms with van der Waals surface area (Å²) in [5.74, 6) is -5.23. The summed E-state index contributed by atoms with van der Waals surface area (Å²) in [5, 5.41) is 0. The van der Waals surface area contributed by atoms with Gasteiger partial charge in [-0.15, -0.1) is 0 Å². The van der Waals surface area contributed by atoms with Gasteiger partial charge in [0, 0.05) is 5.56 Å². The molecule has 1 aromatic rings. The molecule has 0 aromatic heterocycles. The SMILES string of the molecule is COc1cc([C@@H](N)C(F)(F)C(F)(F)F)c(OC)cc1Br. The van der Waals surface area contributed by atoms with Crippen molar-refractivity contribution in [2.45, 2.75) is 18.1 Å². The fourth-order valence-corrected chi connectivity index (χ4v) is 1.98. The number of rotatable bonds is 4. The van der Waals surface area contributed by atoms with Crippen LogP contribution in [0.4, 0.5) is 22.0 Å². The lowest BCUT2D eigenvalue weighted by Crippen LogP contribution is -2.46. The van der Waals surface area contributed by atoms with E-state index < -0.39 is 23.7 Å². The zero-order chi connectivity index (χ0) is 15.7. The molecule has 114 valence electrons. The van der Waals surface area contributed by atoms with E-state index in [0.717, 1.165) is 13.2 Å². The Morgan fingerprint density at radius 3 is 1.95 bits per heavy atom. The molecule has 0 aliphatic rings. The second-order valence-electron chi connectivity index (χ2n) is 3.83. The van der Waals surface area contributed by atoms with Crippen LogP contribution in [0.2, 0.25) is 0 Å². The van der Waals surface area contributed by atoms with Crippen LogP contribution in [0, 0.1) is 0 Å². The molecule has 0 radical (unpaired) electrons. The first-order valence-corrected chi connectivity index (χ1v) is 5.97. The van der Waals surface area contributed by atoms with Crippen molar-refractivity contribution in [1.82, 2.24) is 0 Å². The highest BCUT2D eigenvalue weighted by molar-refractivity contribution is 9.10. The molecule has 0 saturated heterocycles. The molecule has 0 saturated carbocycles. The van der Waals surface area contributed by atoms with E-state index in [4.69, 9.17) is 15.2 Å². The van der Waals surface area contributed by atoms with Gasteiger partial charge in [0.25, 0.3) is 0 Å². The molecule has 0 heterocycles. The average Bonchev–Trinajstić information content (AvgIpc) is 2.36. The smallest absolute Gasteiger partial charge is 0.455 e. The Bertz CT molecular complexity index is 492. The predicted molar refractivity (Wildman–Crippen MR) is 65.2 cm³/mol. The van der Waals surface area contributed by atoms with E-state index in [1.807, 2.05) is 0 Å². The van der Waals surface area contributed by atoms with Gasteiger partial charge in [-0.3, -0.25) is 0 Å². The summed E-state index contributed by atoms with van der Waals surface area (Å²) < 4.78 is 73.6. The fourth-order valence-electron chi connectivity index (χ4n) is 1.50. The third kappa shape index (κ3) is 2.98. The van der Waals surface area contributed by atoms with Crippen LogP contribution in [0.1, 0.15) is 11.6 Å². The third-order valence-corrected chi connectivity index (χ3v) is 3.23. The van der Waals surface area contributed by atoms with Crippen LogP contribution < -0.4 is 15.2 Å². The van der Waals surface area contributed by atoms with Crippen LogP contribution in [0.3, 0.4) is 0 Å². The molecule has 9 heteroatoms. The number of methoxy groups -OCH3 is 2. The summed E-state index contributed by atoms with van der Waals surface area (Å²) in [6.45, 7) is 0. The van der Waals surface area contributed by atoms with Gasteiger partial charge >= 0.3 is 12.1 Å². The lowest BCUT2D eigenvalue weighted by atomic mass is 9.99. The maximum absolute atomic E-state index is 13.3. The highest BCUT2D eigenvalue weighted by atomic mass is 79.9. The molecule has 0 spiro atoms. The molecule has 0 unspecified atom stereocenters. The van der Waals surface area contributed by atoms with Crippen molar-refractivity contribution >= 4 is 15.9 Å². The van der Waals surface area contributed by atoms with Crippen molar-refractivity contribution in [3.8, 4) is 11.5 Å². The first-order chi connectivity index (χ1) is 9.06. The van der Waals surface area contributed by atoms with E-state index in [9.17, 15) is 22.0 Å². The summed E-state index contributed by atoms with van der Waals surface area (Å²) >= 11 is 3.07. The molecule has 20 heavy (non-hydrogen) atoms. The van der Waals surface area contributed by atoms with Gasteiger partial charge in [0.05, 0.1) is 18.7 Å². The molecular formula is C11H11BrF5NO2. The molecule has 0 aliphatic carbocycles. The lowest BCUT2D eigenvalue weighted by molar-refractivity contribution is -0.291. The van der Waals surface area contributed by atoms with Crippen molar-refractivity contribution in [2.24, 2.45) is 5.73 Å². The van der Waals surface area contributed by atoms with Gasteiger partial charge in [-0.05, 0) is 28.1 Å². The second-order valence-corrected chi connectivity index (χ2v) is 4.68. The molecule has 1 atom stereocenters. The quantitative estimate of drug-likeness (QED) is 0.830. The van der Waals surface area contributed by atoms with Crippen LogP contribution in [0.15, 0.2) is 16.6 Å². The molecule has 0 amide bonds. The fraction of sp³-hybridized carbons (Fsp3) is 0.455. The lowest BCUT2D eigenvalue weighted by Gasteiger charge is -2.27. The van der Waals surface area contributed by atoms with Crippen molar-refractivity contribution < 1.29 is 31.4 Å². The molecule has 2 N–H and O–H groups in total. The summed E-state index contributed by atoms with van der Waals surface area (Å²) in [7, 11) is 2.37. The normalized spacial score (nSPS) is 14.1. The topological polar surface area (TPSA) is 44.5 Å². The van der Waals surface area contributed by atoms with E-state index in [0.29, 0.717) is 4.47 Å². The Kier molecular flexibility index (Phi) is 4.86. The number of nitrogens with two attached hydrogens (primary N) is 1. The van der Waals surface area contributed by atoms with Crippen LogP contribution in [0.5, 0.6) is 11.5 Å². The number of benzene rings is 1. The van der Waals surface area contributed by atoms with E-state index in [1.54, 1.807) is 0 Å². The average molecular weight is 364 g/mol. The van der Waals surface area contributed by atoms with Gasteiger partial charge in [-0.1, -0.05) is 0 Å². The molecule has 0 fully saturated rings. The number of ether oxygens (including phenoxy) is 2. The zero-order valence-electron chi connectivity index (χ0n) is 10.4. The zero-order valence-corrected chi connectivity index (χ0v) is 12.0. The standard InChI is InChI=1S/C11H11BrF5NO2/c1-19-7-4-6(12)8(20-2)3-5(7)9(18)10(13,14)11(15,16)17/h3-4,9H,18H2,1-2H3/t9-/m1/s1. The van der Waals surface area contributed by atoms with E-state index in [-0.39, 0.29) is 11.5 Å². The summed E-state index contributed by atoms with van der Waals surface area (Å²) in [6, 6.07) is -0.423. The van der Waals surface area contributed by atoms with Crippen molar-refractivity contribution in [1.29, 1.82) is 0 Å². The Hall–Kier alpha value is -1.09. The second kappa shape index (κ2) is 5.72. The maximum Gasteiger partial charge on any atom is 0.455 e. The highest BCUT2D eigenvalue weighted by Crippen LogP contribution is 2.46. The van der Waals surface area contributed by atoms with Crippen LogP contribution in [0.25, 0.3) is 0 Å². The number of hydrogen-bond acceptors (Lipinski definition) is 3. The van der Waals surface area contributed by atoms with Gasteiger partial charge in [0.1, 0.15) is 17.5 Å². The summed E-state index contributed by atoms with van der Waals surface area (Å²) in [5.41, 5.74) is 4.58. The molecule has 0 bridgehead atoms. The van der Waals surface area contributed by atoms with Crippen LogP contribution in [-0.2, 0) is 0 Å². The summed E-state index contributed by atoms with van der Waals surface area (Å²) in [4.78, 5) is 0. The van der Waals surface area contributed by atoms with Crippen LogP contribution in [-0.4, -0.2) is 26.3 Å². The van der Waals surface area contributed by atoms with Gasteiger partial charge in [0.2, 0.25) is 0 Å². The number of hydrogen-bond donors (Lipinski definition) is 1. The molecular weight excluding hydrogens is 353 g/mol. The predicted octanol–water partition coefficient (Wildman–Crippen LogP) is 3.66. The summed E-state index contributed by atoms with van der Waals surface area (Å²) in [6.07, 6.45) is -5.77. The minimum absolute atomic E-state index is 0.0641. The van der Waals surface area contributed by atoms with Crippen LogP contribution >= 0.6 is 15.9 Å². The molecule has 0 aliphatic heterocycles. The molecule has 1 aromatic carbocycles. The van der Waals surface area contributed by atoms with Crippen molar-refractivity contribution in [3.63, 3.8) is 0 Å². The number of halogens is 6.